The van der Waals surface area contributed by atoms with E-state index in [0.29, 0.717) is 29.0 Å². The lowest BCUT2D eigenvalue weighted by Gasteiger charge is -2.25. The van der Waals surface area contributed by atoms with Gasteiger partial charge in [-0.05, 0) is 70.0 Å². The number of pyridine rings is 1. The molecule has 0 amide bonds. The Morgan fingerprint density at radius 3 is 2.51 bits per heavy atom. The van der Waals surface area contributed by atoms with Crippen LogP contribution in [0.25, 0.3) is 11.1 Å². The number of hydrogen-bond donors (Lipinski definition) is 2. The average Bonchev–Trinajstić information content (AvgIpc) is 2.96. The number of carbonyl (C=O) groups is 1. The zero-order valence-corrected chi connectivity index (χ0v) is 25.1. The van der Waals surface area contributed by atoms with Gasteiger partial charge in [0.05, 0.1) is 42.3 Å². The normalized spacial score (nSPS) is 11.0. The minimum absolute atomic E-state index is 0.00163. The SMILES string of the molecule is CC#N.CNC.COc1ccnc(C(C)N(C)CCOc2c(C=O)cc(CN=CN)cc2-c2ccc(F)cc2Cl)c1. The van der Waals surface area contributed by atoms with Crippen molar-refractivity contribution in [3.63, 3.8) is 0 Å². The summed E-state index contributed by atoms with van der Waals surface area (Å²) in [5.74, 6) is 0.652. The van der Waals surface area contributed by atoms with Gasteiger partial charge in [0.25, 0.3) is 0 Å². The van der Waals surface area contributed by atoms with Crippen LogP contribution in [0.3, 0.4) is 0 Å². The van der Waals surface area contributed by atoms with Crippen LogP contribution in [0.5, 0.6) is 11.5 Å². The highest BCUT2D eigenvalue weighted by molar-refractivity contribution is 6.33. The number of nitrogens with zero attached hydrogens (tertiary/aromatic N) is 4. The van der Waals surface area contributed by atoms with Crippen LogP contribution in [0.2, 0.25) is 5.02 Å². The van der Waals surface area contributed by atoms with Gasteiger partial charge < -0.3 is 20.5 Å². The van der Waals surface area contributed by atoms with Gasteiger partial charge >= 0.3 is 0 Å². The number of nitrogens with two attached hydrogens (primary N) is 1. The van der Waals surface area contributed by atoms with E-state index in [1.807, 2.05) is 40.2 Å². The molecule has 0 aliphatic heterocycles. The molecular weight excluding hydrogens is 547 g/mol. The highest BCUT2D eigenvalue weighted by Crippen LogP contribution is 2.38. The zero-order chi connectivity index (χ0) is 30.8. The number of nitriles is 1. The van der Waals surface area contributed by atoms with Crippen LogP contribution in [0.1, 0.15) is 41.5 Å². The molecule has 11 heteroatoms. The summed E-state index contributed by atoms with van der Waals surface area (Å²) in [7, 11) is 7.33. The Kier molecular flexibility index (Phi) is 16.3. The third-order valence-electron chi connectivity index (χ3n) is 5.67. The highest BCUT2D eigenvalue weighted by Gasteiger charge is 2.18. The molecule has 1 atom stereocenters. The zero-order valence-electron chi connectivity index (χ0n) is 24.3. The predicted molar refractivity (Wildman–Crippen MR) is 162 cm³/mol. The molecule has 0 saturated carbocycles. The molecule has 3 rings (SSSR count). The van der Waals surface area contributed by atoms with Crippen LogP contribution in [0, 0.1) is 17.1 Å². The van der Waals surface area contributed by atoms with E-state index < -0.39 is 5.82 Å². The maximum Gasteiger partial charge on any atom is 0.153 e. The first-order chi connectivity index (χ1) is 19.7. The maximum absolute atomic E-state index is 13.7. The summed E-state index contributed by atoms with van der Waals surface area (Å²) in [6.45, 7) is 4.58. The van der Waals surface area contributed by atoms with Crippen molar-refractivity contribution >= 4 is 24.2 Å². The third-order valence-corrected chi connectivity index (χ3v) is 5.99. The monoisotopic (exact) mass is 584 g/mol. The molecule has 41 heavy (non-hydrogen) atoms. The number of methoxy groups -OCH3 is 1. The van der Waals surface area contributed by atoms with Crippen molar-refractivity contribution in [1.29, 1.82) is 5.26 Å². The maximum atomic E-state index is 13.7. The molecule has 9 nitrogen and oxygen atoms in total. The lowest BCUT2D eigenvalue weighted by atomic mass is 9.98. The number of ether oxygens (including phenoxy) is 2. The Morgan fingerprint density at radius 1 is 1.24 bits per heavy atom. The number of aliphatic imine (C=N–C) groups is 1. The van der Waals surface area contributed by atoms with E-state index in [2.05, 4.69) is 20.2 Å². The third kappa shape index (κ3) is 11.2. The summed E-state index contributed by atoms with van der Waals surface area (Å²) < 4.78 is 25.1. The molecule has 3 aromatic rings. The highest BCUT2D eigenvalue weighted by atomic mass is 35.5. The average molecular weight is 585 g/mol. The second kappa shape index (κ2) is 19.1. The second-order valence-electron chi connectivity index (χ2n) is 8.64. The molecule has 3 N–H and O–H groups in total. The minimum Gasteiger partial charge on any atom is -0.497 e. The van der Waals surface area contributed by atoms with Crippen molar-refractivity contribution in [1.82, 2.24) is 15.2 Å². The van der Waals surface area contributed by atoms with Crippen LogP contribution in [-0.2, 0) is 6.54 Å². The minimum atomic E-state index is -0.456. The summed E-state index contributed by atoms with van der Waals surface area (Å²) >= 11 is 6.35. The first kappa shape index (κ1) is 35.0. The molecule has 1 heterocycles. The Hall–Kier alpha value is -4.04. The quantitative estimate of drug-likeness (QED) is 0.177. The van der Waals surface area contributed by atoms with Crippen molar-refractivity contribution in [3.05, 3.63) is 76.3 Å². The topological polar surface area (TPSA) is 126 Å². The second-order valence-corrected chi connectivity index (χ2v) is 9.05. The molecular formula is C30H38ClFN6O3. The molecule has 0 fully saturated rings. The fourth-order valence-electron chi connectivity index (χ4n) is 3.61. The van der Waals surface area contributed by atoms with E-state index >= 15 is 0 Å². The first-order valence-electron chi connectivity index (χ1n) is 12.7. The van der Waals surface area contributed by atoms with Crippen molar-refractivity contribution in [2.75, 3.05) is 41.4 Å². The number of aldehydes is 1. The van der Waals surface area contributed by atoms with Gasteiger partial charge in [0.1, 0.15) is 23.9 Å². The lowest BCUT2D eigenvalue weighted by molar-refractivity contribution is 0.111. The largest absolute Gasteiger partial charge is 0.497 e. The summed E-state index contributed by atoms with van der Waals surface area (Å²) in [5.41, 5.74) is 8.45. The van der Waals surface area contributed by atoms with Gasteiger partial charge in [0.15, 0.2) is 6.29 Å². The Morgan fingerprint density at radius 2 is 1.93 bits per heavy atom. The van der Waals surface area contributed by atoms with Gasteiger partial charge in [0.2, 0.25) is 0 Å². The van der Waals surface area contributed by atoms with E-state index in [0.717, 1.165) is 23.3 Å². The van der Waals surface area contributed by atoms with Crippen molar-refractivity contribution in [3.8, 4) is 28.7 Å². The number of nitrogens with one attached hydrogen (secondary N) is 1. The van der Waals surface area contributed by atoms with E-state index in [1.165, 1.54) is 25.4 Å². The van der Waals surface area contributed by atoms with Gasteiger partial charge in [-0.25, -0.2) is 4.39 Å². The summed E-state index contributed by atoms with van der Waals surface area (Å²) in [4.78, 5) is 22.5. The van der Waals surface area contributed by atoms with Crippen LogP contribution >= 0.6 is 11.6 Å². The smallest absolute Gasteiger partial charge is 0.153 e. The molecule has 1 unspecified atom stereocenters. The number of aromatic nitrogens is 1. The Labute approximate surface area is 246 Å². The Balaban J connectivity index is 0.00000129. The van der Waals surface area contributed by atoms with Gasteiger partial charge in [-0.15, -0.1) is 0 Å². The van der Waals surface area contributed by atoms with Crippen molar-refractivity contribution in [2.24, 2.45) is 10.7 Å². The first-order valence-corrected chi connectivity index (χ1v) is 13.1. The number of hydrogen-bond acceptors (Lipinski definition) is 8. The molecule has 0 bridgehead atoms. The van der Waals surface area contributed by atoms with Crippen LogP contribution in [0.4, 0.5) is 4.39 Å². The van der Waals surface area contributed by atoms with Crippen LogP contribution in [0.15, 0.2) is 53.7 Å². The van der Waals surface area contributed by atoms with Gasteiger partial charge in [-0.2, -0.15) is 5.26 Å². The van der Waals surface area contributed by atoms with Crippen LogP contribution < -0.4 is 20.5 Å². The van der Waals surface area contributed by atoms with Gasteiger partial charge in [-0.1, -0.05) is 11.6 Å². The summed E-state index contributed by atoms with van der Waals surface area (Å²) in [6.07, 6.45) is 3.63. The molecule has 0 aliphatic rings. The van der Waals surface area contributed by atoms with Crippen molar-refractivity contribution in [2.45, 2.75) is 26.4 Å². The number of rotatable bonds is 11. The lowest BCUT2D eigenvalue weighted by Crippen LogP contribution is -2.28. The summed E-state index contributed by atoms with van der Waals surface area (Å²) in [5, 5.41) is 10.3. The molecule has 0 spiro atoms. The molecule has 0 aliphatic carbocycles. The van der Waals surface area contributed by atoms with E-state index in [4.69, 9.17) is 32.1 Å². The van der Waals surface area contributed by atoms with Gasteiger partial charge in [-0.3, -0.25) is 19.7 Å². The molecule has 220 valence electrons. The molecule has 0 saturated heterocycles. The van der Waals surface area contributed by atoms with E-state index in [1.54, 1.807) is 37.6 Å². The Bertz CT molecular complexity index is 1320. The molecule has 1 aromatic heterocycles. The molecule has 0 radical (unpaired) electrons. The number of likely N-dealkylation sites (N-methyl/N-ethyl adjacent to an activating group) is 1. The van der Waals surface area contributed by atoms with E-state index in [-0.39, 0.29) is 24.2 Å². The number of carbonyl (C=O) groups excluding carboxylic acids is 1. The van der Waals surface area contributed by atoms with Crippen LogP contribution in [-0.4, -0.2) is 63.9 Å². The fourth-order valence-corrected chi connectivity index (χ4v) is 3.88. The van der Waals surface area contributed by atoms with Crippen molar-refractivity contribution < 1.29 is 18.7 Å². The predicted octanol–water partition coefficient (Wildman–Crippen LogP) is 5.29. The number of halogens is 2. The molecule has 2 aromatic carbocycles. The van der Waals surface area contributed by atoms with Gasteiger partial charge in [0, 0.05) is 42.9 Å². The summed E-state index contributed by atoms with van der Waals surface area (Å²) in [6, 6.07) is 13.1. The number of benzene rings is 2. The standard InChI is InChI=1S/C26H28ClFN4O3.C2H7N.C2H3N/c1-17(25-13-21(34-3)6-7-31-25)32(2)8-9-35-26-19(15-33)10-18(14-30-16-29)11-23(26)22-5-4-20(28)12-24(22)27;1-3-2;1-2-3/h4-7,10-13,15-17H,8-9,14H2,1-3H3,(H2,29,30);3H,1-2H3;1H3. The fraction of sp³-hybridized carbons (Fsp3) is 0.333. The van der Waals surface area contributed by atoms with E-state index in [9.17, 15) is 9.18 Å².